The van der Waals surface area contributed by atoms with Crippen molar-refractivity contribution in [1.82, 2.24) is 29.9 Å². The van der Waals surface area contributed by atoms with E-state index in [0.29, 0.717) is 34.9 Å². The highest BCUT2D eigenvalue weighted by atomic mass is 16.3. The molecule has 0 spiro atoms. The van der Waals surface area contributed by atoms with Gasteiger partial charge in [-0.15, -0.1) is 0 Å². The number of benzene rings is 10. The van der Waals surface area contributed by atoms with Gasteiger partial charge in [-0.25, -0.2) is 29.9 Å². The largest absolute Gasteiger partial charge is 0.455 e. The van der Waals surface area contributed by atoms with Crippen LogP contribution >= 0.6 is 0 Å². The first-order valence-electron chi connectivity index (χ1n) is 21.6. The second-order valence-corrected chi connectivity index (χ2v) is 16.3. The van der Waals surface area contributed by atoms with Crippen LogP contribution in [0.5, 0.6) is 0 Å². The van der Waals surface area contributed by atoms with Gasteiger partial charge in [0.05, 0.1) is 5.56 Å². The summed E-state index contributed by atoms with van der Waals surface area (Å²) >= 11 is 0. The van der Waals surface area contributed by atoms with Crippen LogP contribution in [0, 0.1) is 0 Å². The Morgan fingerprint density at radius 2 is 0.708 bits per heavy atom. The van der Waals surface area contributed by atoms with Crippen molar-refractivity contribution in [3.8, 4) is 68.3 Å². The molecule has 0 aliphatic carbocycles. The van der Waals surface area contributed by atoms with Crippen LogP contribution in [0.2, 0.25) is 0 Å². The first-order chi connectivity index (χ1) is 32.2. The Bertz CT molecular complexity index is 4020. The molecule has 0 aliphatic heterocycles. The quantitative estimate of drug-likeness (QED) is 0.154. The van der Waals surface area contributed by atoms with Crippen molar-refractivity contribution in [3.05, 3.63) is 206 Å². The molecule has 13 aromatic rings. The van der Waals surface area contributed by atoms with Crippen molar-refractivity contribution in [1.29, 1.82) is 0 Å². The molecule has 0 atom stereocenters. The molecule has 7 heteroatoms. The number of rotatable bonds is 6. The molecular weight excluding hydrogens is 797 g/mol. The number of para-hydroxylation sites is 1. The Morgan fingerprint density at radius 3 is 1.29 bits per heavy atom. The monoisotopic (exact) mass is 830 g/mol. The summed E-state index contributed by atoms with van der Waals surface area (Å²) in [5.74, 6) is 3.59. The zero-order chi connectivity index (χ0) is 42.8. The lowest BCUT2D eigenvalue weighted by Crippen LogP contribution is -2.00. The van der Waals surface area contributed by atoms with E-state index in [4.69, 9.17) is 34.3 Å². The predicted molar refractivity (Wildman–Crippen MR) is 263 cm³/mol. The Balaban J connectivity index is 0.970. The lowest BCUT2D eigenvalue weighted by molar-refractivity contribution is 0.670. The van der Waals surface area contributed by atoms with Crippen molar-refractivity contribution in [2.24, 2.45) is 0 Å². The predicted octanol–water partition coefficient (Wildman–Crippen LogP) is 14.6. The van der Waals surface area contributed by atoms with Crippen LogP contribution in [0.25, 0.3) is 133 Å². The molecule has 3 heterocycles. The van der Waals surface area contributed by atoms with E-state index < -0.39 is 0 Å². The van der Waals surface area contributed by atoms with Crippen LogP contribution in [0.15, 0.2) is 211 Å². The maximum Gasteiger partial charge on any atom is 0.167 e. The van der Waals surface area contributed by atoms with E-state index in [1.807, 2.05) is 72.8 Å². The van der Waals surface area contributed by atoms with E-state index in [1.54, 1.807) is 0 Å². The summed E-state index contributed by atoms with van der Waals surface area (Å²) in [6, 6.07) is 70.8. The molecule has 0 N–H and O–H groups in total. The minimum atomic E-state index is 0.542. The molecule has 10 aromatic carbocycles. The fourth-order valence-corrected chi connectivity index (χ4v) is 9.11. The lowest BCUT2D eigenvalue weighted by atomic mass is 9.96. The van der Waals surface area contributed by atoms with E-state index in [9.17, 15) is 0 Å². The second-order valence-electron chi connectivity index (χ2n) is 16.3. The molecule has 3 aromatic heterocycles. The summed E-state index contributed by atoms with van der Waals surface area (Å²) in [4.78, 5) is 30.4. The second kappa shape index (κ2) is 14.9. The van der Waals surface area contributed by atoms with Crippen molar-refractivity contribution in [3.63, 3.8) is 0 Å². The summed E-state index contributed by atoms with van der Waals surface area (Å²) in [7, 11) is 0. The molecule has 302 valence electrons. The van der Waals surface area contributed by atoms with Gasteiger partial charge in [-0.2, -0.15) is 0 Å². The van der Waals surface area contributed by atoms with Crippen LogP contribution in [0.1, 0.15) is 0 Å². The van der Waals surface area contributed by atoms with Crippen molar-refractivity contribution in [2.45, 2.75) is 0 Å². The molecule has 0 unspecified atom stereocenters. The fraction of sp³-hybridized carbons (Fsp3) is 0. The van der Waals surface area contributed by atoms with Crippen molar-refractivity contribution < 1.29 is 4.42 Å². The van der Waals surface area contributed by atoms with Crippen molar-refractivity contribution in [2.75, 3.05) is 0 Å². The summed E-state index contributed by atoms with van der Waals surface area (Å²) in [6.07, 6.45) is 0. The molecule has 0 saturated carbocycles. The molecular formula is C58H34N6O. The van der Waals surface area contributed by atoms with E-state index in [-0.39, 0.29) is 0 Å². The van der Waals surface area contributed by atoms with Gasteiger partial charge >= 0.3 is 0 Å². The van der Waals surface area contributed by atoms with E-state index >= 15 is 0 Å². The number of hydrogen-bond acceptors (Lipinski definition) is 7. The fourth-order valence-electron chi connectivity index (χ4n) is 9.11. The molecule has 0 aliphatic rings. The molecule has 0 radical (unpaired) electrons. The summed E-state index contributed by atoms with van der Waals surface area (Å²) in [5.41, 5.74) is 6.88. The molecule has 13 rings (SSSR count). The van der Waals surface area contributed by atoms with Gasteiger partial charge in [0.15, 0.2) is 34.9 Å². The van der Waals surface area contributed by atoms with Crippen LogP contribution in [0.4, 0.5) is 0 Å². The van der Waals surface area contributed by atoms with Crippen LogP contribution in [0.3, 0.4) is 0 Å². The topological polar surface area (TPSA) is 90.5 Å². The van der Waals surface area contributed by atoms with Crippen LogP contribution in [-0.2, 0) is 0 Å². The summed E-state index contributed by atoms with van der Waals surface area (Å²) in [6.45, 7) is 0. The van der Waals surface area contributed by atoms with Gasteiger partial charge in [0.1, 0.15) is 11.2 Å². The van der Waals surface area contributed by atoms with E-state index in [2.05, 4.69) is 133 Å². The minimum absolute atomic E-state index is 0.542. The number of hydrogen-bond donors (Lipinski definition) is 0. The van der Waals surface area contributed by atoms with Gasteiger partial charge in [-0.05, 0) is 68.0 Å². The molecule has 65 heavy (non-hydrogen) atoms. The van der Waals surface area contributed by atoms with E-state index in [0.717, 1.165) is 93.0 Å². The zero-order valence-electron chi connectivity index (χ0n) is 34.7. The molecule has 0 amide bonds. The van der Waals surface area contributed by atoms with Crippen molar-refractivity contribution >= 4 is 65.0 Å². The van der Waals surface area contributed by atoms with Gasteiger partial charge in [-0.1, -0.05) is 176 Å². The third kappa shape index (κ3) is 6.36. The maximum atomic E-state index is 6.85. The Labute approximate surface area is 372 Å². The highest BCUT2D eigenvalue weighted by molar-refractivity contribution is 6.27. The minimum Gasteiger partial charge on any atom is -0.455 e. The van der Waals surface area contributed by atoms with Gasteiger partial charge in [0, 0.05) is 44.0 Å². The molecule has 0 bridgehead atoms. The Hall–Kier alpha value is -8.94. The third-order valence-electron chi connectivity index (χ3n) is 12.3. The number of fused-ring (bicyclic) bond motifs is 9. The SMILES string of the molecule is c1ccc(-c2nc(-c3ccc4ccccc4c3)nc(-c3ccc4c(ccc5ccc6oc7c(-c8nc(-c9ccccc9)nc(-c9ccc%10ccccc%10c9)n8)cccc7c6c54)c3)n2)cc1. The first-order valence-corrected chi connectivity index (χ1v) is 21.6. The van der Waals surface area contributed by atoms with Crippen LogP contribution in [-0.4, -0.2) is 29.9 Å². The van der Waals surface area contributed by atoms with Gasteiger partial charge in [0.25, 0.3) is 0 Å². The molecule has 0 saturated heterocycles. The lowest BCUT2D eigenvalue weighted by Gasteiger charge is -2.11. The standard InChI is InChI=1S/C58H34N6O/c1-3-14-38(15-4-1)53-59-55(43-26-22-35-12-7-9-18-40(35)32-43)62-56(60-53)45-28-30-46-42(34-45)25-24-37-29-31-49-51(50(37)46)47-20-11-21-48(52(47)65-49)58-63-54(39-16-5-2-6-17-39)61-57(64-58)44-27-23-36-13-8-10-19-41(36)33-44/h1-34H. The zero-order valence-corrected chi connectivity index (χ0v) is 34.7. The van der Waals surface area contributed by atoms with E-state index in [1.165, 1.54) is 5.39 Å². The Morgan fingerprint density at radius 1 is 0.262 bits per heavy atom. The Kier molecular flexibility index (Phi) is 8.39. The molecule has 0 fully saturated rings. The van der Waals surface area contributed by atoms with Crippen LogP contribution < -0.4 is 0 Å². The summed E-state index contributed by atoms with van der Waals surface area (Å²) < 4.78 is 6.85. The maximum absolute atomic E-state index is 6.85. The third-order valence-corrected chi connectivity index (χ3v) is 12.3. The van der Waals surface area contributed by atoms with Gasteiger partial charge in [0.2, 0.25) is 0 Å². The van der Waals surface area contributed by atoms with Gasteiger partial charge in [-0.3, -0.25) is 0 Å². The molecule has 7 nitrogen and oxygen atoms in total. The van der Waals surface area contributed by atoms with Gasteiger partial charge < -0.3 is 4.42 Å². The number of furan rings is 1. The summed E-state index contributed by atoms with van der Waals surface area (Å²) in [5, 5.41) is 11.0. The number of aromatic nitrogens is 6. The average Bonchev–Trinajstić information content (AvgIpc) is 3.77. The average molecular weight is 831 g/mol. The highest BCUT2D eigenvalue weighted by Crippen LogP contribution is 2.42. The number of nitrogens with zero attached hydrogens (tertiary/aromatic N) is 6. The normalized spacial score (nSPS) is 11.7. The highest BCUT2D eigenvalue weighted by Gasteiger charge is 2.21. The smallest absolute Gasteiger partial charge is 0.167 e. The first kappa shape index (κ1) is 36.7.